The van der Waals surface area contributed by atoms with Crippen LogP contribution < -0.4 is 5.32 Å². The Hall–Kier alpha value is -1.76. The van der Waals surface area contributed by atoms with E-state index in [1.165, 1.54) is 0 Å². The second-order valence-corrected chi connectivity index (χ2v) is 2.82. The molecule has 2 N–H and O–H groups in total. The molecule has 66 valence electrons. The van der Waals surface area contributed by atoms with Crippen molar-refractivity contribution in [2.75, 3.05) is 5.32 Å². The van der Waals surface area contributed by atoms with Gasteiger partial charge in [0.15, 0.2) is 5.69 Å². The summed E-state index contributed by atoms with van der Waals surface area (Å²) < 4.78 is 3.58. The van der Waals surface area contributed by atoms with Gasteiger partial charge in [-0.2, -0.15) is 5.10 Å². The number of H-pyrrole nitrogens is 1. The van der Waals surface area contributed by atoms with Gasteiger partial charge in [0.1, 0.15) is 5.82 Å². The molecule has 0 fully saturated rings. The minimum Gasteiger partial charge on any atom is -0.306 e. The number of nitrogens with one attached hydrogen (secondary N) is 2. The molecule has 0 unspecified atom stereocenters. The molecular formula is C6H5N5OS. The first kappa shape index (κ1) is 7.87. The van der Waals surface area contributed by atoms with Crippen LogP contribution in [0.5, 0.6) is 0 Å². The molecule has 0 radical (unpaired) electrons. The van der Waals surface area contributed by atoms with Gasteiger partial charge in [-0.25, -0.2) is 0 Å². The lowest BCUT2D eigenvalue weighted by Gasteiger charge is -1.96. The fourth-order valence-electron chi connectivity index (χ4n) is 0.775. The van der Waals surface area contributed by atoms with Crippen molar-refractivity contribution in [3.05, 3.63) is 23.3 Å². The molecular weight excluding hydrogens is 190 g/mol. The number of carbonyl (C=O) groups is 1. The Morgan fingerprint density at radius 3 is 3.15 bits per heavy atom. The third-order valence-corrected chi connectivity index (χ3v) is 1.85. The average molecular weight is 195 g/mol. The highest BCUT2D eigenvalue weighted by Gasteiger charge is 2.08. The Labute approximate surface area is 77.2 Å². The molecule has 0 aliphatic rings. The summed E-state index contributed by atoms with van der Waals surface area (Å²) in [6.45, 7) is 0. The van der Waals surface area contributed by atoms with Crippen LogP contribution in [-0.2, 0) is 0 Å². The van der Waals surface area contributed by atoms with E-state index in [9.17, 15) is 4.79 Å². The van der Waals surface area contributed by atoms with Crippen LogP contribution in [0.15, 0.2) is 17.6 Å². The van der Waals surface area contributed by atoms with Crippen molar-refractivity contribution in [3.8, 4) is 0 Å². The Morgan fingerprint density at radius 1 is 1.62 bits per heavy atom. The molecule has 2 aromatic rings. The van der Waals surface area contributed by atoms with Crippen molar-refractivity contribution in [2.45, 2.75) is 0 Å². The quantitative estimate of drug-likeness (QED) is 0.731. The average Bonchev–Trinajstić information content (AvgIpc) is 2.74. The first-order valence-electron chi connectivity index (χ1n) is 3.44. The molecule has 7 heteroatoms. The van der Waals surface area contributed by atoms with Gasteiger partial charge in [0, 0.05) is 11.4 Å². The Kier molecular flexibility index (Phi) is 2.01. The molecule has 2 rings (SSSR count). The third kappa shape index (κ3) is 1.70. The van der Waals surface area contributed by atoms with Gasteiger partial charge in [0.25, 0.3) is 5.91 Å². The van der Waals surface area contributed by atoms with E-state index in [2.05, 4.69) is 25.1 Å². The van der Waals surface area contributed by atoms with E-state index in [0.29, 0.717) is 11.5 Å². The molecule has 0 saturated carbocycles. The van der Waals surface area contributed by atoms with Crippen LogP contribution >= 0.6 is 11.5 Å². The van der Waals surface area contributed by atoms with Crippen LogP contribution in [0.4, 0.5) is 5.82 Å². The maximum absolute atomic E-state index is 11.3. The molecule has 1 amide bonds. The second-order valence-electron chi connectivity index (χ2n) is 2.21. The Morgan fingerprint density at radius 2 is 2.54 bits per heavy atom. The molecule has 0 spiro atoms. The molecule has 0 aliphatic carbocycles. The van der Waals surface area contributed by atoms with Crippen molar-refractivity contribution in [2.24, 2.45) is 0 Å². The van der Waals surface area contributed by atoms with Crippen molar-refractivity contribution in [1.29, 1.82) is 0 Å². The van der Waals surface area contributed by atoms with Gasteiger partial charge in [-0.15, -0.1) is 5.10 Å². The number of nitrogens with zero attached hydrogens (tertiary/aromatic N) is 3. The van der Waals surface area contributed by atoms with E-state index < -0.39 is 0 Å². The van der Waals surface area contributed by atoms with Crippen LogP contribution in [0.3, 0.4) is 0 Å². The van der Waals surface area contributed by atoms with Gasteiger partial charge in [-0.05, 0) is 11.5 Å². The minimum absolute atomic E-state index is 0.294. The molecule has 0 aliphatic heterocycles. The maximum Gasteiger partial charge on any atom is 0.278 e. The molecule has 2 aromatic heterocycles. The number of hydrogen-bond donors (Lipinski definition) is 2. The smallest absolute Gasteiger partial charge is 0.278 e. The number of aromatic amines is 1. The van der Waals surface area contributed by atoms with Crippen LogP contribution in [-0.4, -0.2) is 25.7 Å². The largest absolute Gasteiger partial charge is 0.306 e. The predicted molar refractivity (Wildman–Crippen MR) is 46.4 cm³/mol. The zero-order valence-corrected chi connectivity index (χ0v) is 7.21. The molecule has 13 heavy (non-hydrogen) atoms. The van der Waals surface area contributed by atoms with Crippen LogP contribution in [0.2, 0.25) is 0 Å². The zero-order chi connectivity index (χ0) is 9.10. The van der Waals surface area contributed by atoms with E-state index in [4.69, 9.17) is 0 Å². The van der Waals surface area contributed by atoms with E-state index in [0.717, 1.165) is 11.5 Å². The number of carbonyl (C=O) groups excluding carboxylic acids is 1. The summed E-state index contributed by atoms with van der Waals surface area (Å²) in [5, 5.41) is 14.1. The summed E-state index contributed by atoms with van der Waals surface area (Å²) in [4.78, 5) is 11.3. The number of hydrogen-bond acceptors (Lipinski definition) is 5. The van der Waals surface area contributed by atoms with Crippen molar-refractivity contribution in [1.82, 2.24) is 19.8 Å². The predicted octanol–water partition coefficient (Wildman–Crippen LogP) is 0.513. The van der Waals surface area contributed by atoms with Gasteiger partial charge in [0.2, 0.25) is 0 Å². The summed E-state index contributed by atoms with van der Waals surface area (Å²) in [6.07, 6.45) is 1.55. The highest BCUT2D eigenvalue weighted by molar-refractivity contribution is 7.03. The summed E-state index contributed by atoms with van der Waals surface area (Å²) in [7, 11) is 0. The van der Waals surface area contributed by atoms with E-state index in [1.807, 2.05) is 0 Å². The molecule has 6 nitrogen and oxygen atoms in total. The lowest BCUT2D eigenvalue weighted by atomic mass is 10.4. The van der Waals surface area contributed by atoms with E-state index >= 15 is 0 Å². The monoisotopic (exact) mass is 195 g/mol. The van der Waals surface area contributed by atoms with Gasteiger partial charge in [-0.1, -0.05) is 4.49 Å². The normalized spacial score (nSPS) is 9.85. The first-order valence-corrected chi connectivity index (χ1v) is 4.28. The summed E-state index contributed by atoms with van der Waals surface area (Å²) in [6, 6.07) is 1.65. The number of aromatic nitrogens is 4. The SMILES string of the molecule is O=C(Nc1ccn[nH]1)c1csnn1. The fraction of sp³-hybridized carbons (Fsp3) is 0. The van der Waals surface area contributed by atoms with E-state index in [1.54, 1.807) is 17.6 Å². The summed E-state index contributed by atoms with van der Waals surface area (Å²) in [5.74, 6) is 0.246. The van der Waals surface area contributed by atoms with Gasteiger partial charge in [-0.3, -0.25) is 9.89 Å². The third-order valence-electron chi connectivity index (χ3n) is 1.34. The Balaban J connectivity index is 2.08. The molecule has 0 atom stereocenters. The second kappa shape index (κ2) is 3.31. The lowest BCUT2D eigenvalue weighted by molar-refractivity contribution is 0.102. The van der Waals surface area contributed by atoms with Crippen LogP contribution in [0.25, 0.3) is 0 Å². The van der Waals surface area contributed by atoms with Gasteiger partial charge >= 0.3 is 0 Å². The lowest BCUT2D eigenvalue weighted by Crippen LogP contribution is -2.12. The van der Waals surface area contributed by atoms with Crippen molar-refractivity contribution >= 4 is 23.3 Å². The first-order chi connectivity index (χ1) is 6.36. The Bertz CT molecular complexity index is 381. The number of rotatable bonds is 2. The van der Waals surface area contributed by atoms with Gasteiger partial charge < -0.3 is 5.32 Å². The number of anilines is 1. The molecule has 0 aromatic carbocycles. The highest BCUT2D eigenvalue weighted by Crippen LogP contribution is 2.03. The standard InChI is InChI=1S/C6H5N5OS/c12-6(4-3-13-11-9-4)8-5-1-2-7-10-5/h1-3H,(H2,7,8,10,12). The summed E-state index contributed by atoms with van der Waals surface area (Å²) in [5.41, 5.74) is 0.305. The highest BCUT2D eigenvalue weighted by atomic mass is 32.1. The molecule has 0 bridgehead atoms. The topological polar surface area (TPSA) is 83.6 Å². The fourth-order valence-corrected chi connectivity index (χ4v) is 1.21. The van der Waals surface area contributed by atoms with Crippen LogP contribution in [0, 0.1) is 0 Å². The summed E-state index contributed by atoms with van der Waals surface area (Å²) >= 11 is 1.13. The molecule has 2 heterocycles. The molecule has 0 saturated heterocycles. The van der Waals surface area contributed by atoms with Crippen LogP contribution in [0.1, 0.15) is 10.5 Å². The van der Waals surface area contributed by atoms with Gasteiger partial charge in [0.05, 0.1) is 6.20 Å². The number of amides is 1. The maximum atomic E-state index is 11.3. The van der Waals surface area contributed by atoms with Crippen molar-refractivity contribution in [3.63, 3.8) is 0 Å². The zero-order valence-electron chi connectivity index (χ0n) is 6.39. The van der Waals surface area contributed by atoms with Crippen molar-refractivity contribution < 1.29 is 4.79 Å². The minimum atomic E-state index is -0.294. The van der Waals surface area contributed by atoms with E-state index in [-0.39, 0.29) is 5.91 Å².